The molecule has 1 atom stereocenters. The zero-order valence-corrected chi connectivity index (χ0v) is 15.9. The summed E-state index contributed by atoms with van der Waals surface area (Å²) in [4.78, 5) is 13.7. The number of rotatable bonds is 4. The Morgan fingerprint density at radius 1 is 0.962 bits per heavy atom. The van der Waals surface area contributed by atoms with Gasteiger partial charge in [-0.25, -0.2) is 0 Å². The number of carbonyl (C=O) groups is 1. The molecular formula is C23H22O2S. The highest BCUT2D eigenvalue weighted by molar-refractivity contribution is 7.99. The Labute approximate surface area is 158 Å². The summed E-state index contributed by atoms with van der Waals surface area (Å²) in [5.74, 6) is 1.90. The number of benzene rings is 2. The van der Waals surface area contributed by atoms with E-state index in [9.17, 15) is 4.79 Å². The Morgan fingerprint density at radius 2 is 1.62 bits per heavy atom. The predicted molar refractivity (Wildman–Crippen MR) is 106 cm³/mol. The molecule has 0 saturated heterocycles. The third kappa shape index (κ3) is 3.49. The molecule has 1 aromatic heterocycles. The first kappa shape index (κ1) is 17.2. The third-order valence-corrected chi connectivity index (χ3v) is 6.05. The minimum Gasteiger partial charge on any atom is -0.464 e. The number of carbonyl (C=O) groups excluding carboxylic acids is 1. The van der Waals surface area contributed by atoms with E-state index in [2.05, 4.69) is 38.1 Å². The lowest BCUT2D eigenvalue weighted by atomic mass is 9.77. The number of Topliss-reactive ketones (excluding diaryl/α,β-unsaturated/α-hetero) is 1. The molecule has 0 amide bonds. The summed E-state index contributed by atoms with van der Waals surface area (Å²) in [7, 11) is 0. The van der Waals surface area contributed by atoms with Crippen LogP contribution in [0, 0.1) is 5.41 Å². The zero-order valence-electron chi connectivity index (χ0n) is 15.1. The first-order valence-electron chi connectivity index (χ1n) is 8.94. The number of fused-ring (bicyclic) bond motifs is 1. The van der Waals surface area contributed by atoms with Crippen molar-refractivity contribution in [1.82, 2.24) is 0 Å². The highest BCUT2D eigenvalue weighted by Crippen LogP contribution is 2.44. The molecule has 1 aliphatic carbocycles. The fourth-order valence-electron chi connectivity index (χ4n) is 3.53. The molecule has 0 N–H and O–H groups in total. The van der Waals surface area contributed by atoms with E-state index in [1.807, 2.05) is 42.5 Å². The van der Waals surface area contributed by atoms with Crippen molar-refractivity contribution in [3.8, 4) is 0 Å². The molecule has 4 rings (SSSR count). The van der Waals surface area contributed by atoms with Gasteiger partial charge in [-0.15, -0.1) is 11.8 Å². The molecular weight excluding hydrogens is 340 g/mol. The average molecular weight is 362 g/mol. The van der Waals surface area contributed by atoms with Crippen LogP contribution in [0.25, 0.3) is 0 Å². The van der Waals surface area contributed by atoms with Gasteiger partial charge >= 0.3 is 0 Å². The maximum atomic E-state index is 12.6. The Morgan fingerprint density at radius 3 is 2.31 bits per heavy atom. The van der Waals surface area contributed by atoms with Crippen molar-refractivity contribution in [3.63, 3.8) is 0 Å². The molecule has 0 spiro atoms. The van der Waals surface area contributed by atoms with E-state index >= 15 is 0 Å². The largest absolute Gasteiger partial charge is 0.464 e. The quantitative estimate of drug-likeness (QED) is 0.509. The molecule has 0 saturated carbocycles. The molecule has 1 aliphatic rings. The number of hydrogen-bond acceptors (Lipinski definition) is 3. The van der Waals surface area contributed by atoms with E-state index < -0.39 is 0 Å². The van der Waals surface area contributed by atoms with Crippen molar-refractivity contribution in [2.24, 2.45) is 5.41 Å². The zero-order chi connectivity index (χ0) is 18.1. The normalized spacial score (nSPS) is 16.9. The fourth-order valence-corrected chi connectivity index (χ4v) is 4.64. The number of hydrogen-bond donors (Lipinski definition) is 0. The van der Waals surface area contributed by atoms with E-state index in [1.54, 1.807) is 11.8 Å². The van der Waals surface area contributed by atoms with Crippen molar-refractivity contribution >= 4 is 17.5 Å². The number of ketones is 1. The first-order chi connectivity index (χ1) is 12.5. The van der Waals surface area contributed by atoms with E-state index in [-0.39, 0.29) is 16.4 Å². The second-order valence-corrected chi connectivity index (χ2v) is 8.83. The van der Waals surface area contributed by atoms with Gasteiger partial charge in [0, 0.05) is 17.7 Å². The lowest BCUT2D eigenvalue weighted by Gasteiger charge is -2.26. The third-order valence-electron chi connectivity index (χ3n) is 4.76. The van der Waals surface area contributed by atoms with Gasteiger partial charge in [-0.05, 0) is 29.2 Å². The van der Waals surface area contributed by atoms with Crippen LogP contribution in [0.4, 0.5) is 0 Å². The Hall–Kier alpha value is -2.26. The topological polar surface area (TPSA) is 30.2 Å². The molecule has 2 aromatic carbocycles. The summed E-state index contributed by atoms with van der Waals surface area (Å²) in [6.07, 6.45) is 1.40. The maximum Gasteiger partial charge on any atom is 0.166 e. The lowest BCUT2D eigenvalue weighted by Crippen LogP contribution is -2.25. The second kappa shape index (κ2) is 6.81. The van der Waals surface area contributed by atoms with Crippen LogP contribution in [-0.4, -0.2) is 5.78 Å². The Bertz CT molecular complexity index is 910. The molecule has 26 heavy (non-hydrogen) atoms. The molecule has 3 aromatic rings. The molecule has 0 fully saturated rings. The molecule has 3 heteroatoms. The Kier molecular flexibility index (Phi) is 4.49. The van der Waals surface area contributed by atoms with Crippen molar-refractivity contribution in [2.45, 2.75) is 36.8 Å². The molecule has 1 heterocycles. The van der Waals surface area contributed by atoms with Gasteiger partial charge in [0.1, 0.15) is 11.5 Å². The van der Waals surface area contributed by atoms with E-state index in [4.69, 9.17) is 4.42 Å². The van der Waals surface area contributed by atoms with Crippen LogP contribution in [0.1, 0.15) is 53.0 Å². The van der Waals surface area contributed by atoms with E-state index in [1.165, 1.54) is 10.5 Å². The van der Waals surface area contributed by atoms with E-state index in [0.29, 0.717) is 6.42 Å². The summed E-state index contributed by atoms with van der Waals surface area (Å²) < 4.78 is 6.26. The number of thioether (sulfide) groups is 1. The Balaban J connectivity index is 1.74. The van der Waals surface area contributed by atoms with Gasteiger partial charge in [-0.2, -0.15) is 0 Å². The van der Waals surface area contributed by atoms with Crippen LogP contribution in [-0.2, 0) is 6.42 Å². The molecule has 0 bridgehead atoms. The van der Waals surface area contributed by atoms with Gasteiger partial charge in [0.05, 0.1) is 10.8 Å². The molecule has 0 radical (unpaired) electrons. The van der Waals surface area contributed by atoms with Gasteiger partial charge in [0.2, 0.25) is 0 Å². The van der Waals surface area contributed by atoms with Gasteiger partial charge in [-0.1, -0.05) is 62.4 Å². The van der Waals surface area contributed by atoms with Gasteiger partial charge in [0.15, 0.2) is 5.78 Å². The summed E-state index contributed by atoms with van der Waals surface area (Å²) in [6.45, 7) is 4.26. The van der Waals surface area contributed by atoms with Crippen LogP contribution in [0.3, 0.4) is 0 Å². The average Bonchev–Trinajstić information content (AvgIpc) is 3.04. The predicted octanol–water partition coefficient (Wildman–Crippen LogP) is 6.32. The molecule has 2 nitrogen and oxygen atoms in total. The van der Waals surface area contributed by atoms with Crippen LogP contribution in [0.2, 0.25) is 0 Å². The highest BCUT2D eigenvalue weighted by atomic mass is 32.2. The lowest BCUT2D eigenvalue weighted by molar-refractivity contribution is 0.0903. The minimum absolute atomic E-state index is 0.0279. The number of furan rings is 1. The standard InChI is InChI=1S/C23H22O2S/c1-23(2)14-19(24)18-13-20(25-21(18)15-23)22(16-9-5-3-6-10-16)26-17-11-7-4-8-12-17/h3-13,22H,14-15H2,1-2H3. The van der Waals surface area contributed by atoms with Crippen LogP contribution >= 0.6 is 11.8 Å². The van der Waals surface area contributed by atoms with Crippen molar-refractivity contribution < 1.29 is 9.21 Å². The summed E-state index contributed by atoms with van der Waals surface area (Å²) >= 11 is 1.75. The second-order valence-electron chi connectivity index (χ2n) is 7.65. The summed E-state index contributed by atoms with van der Waals surface area (Å²) in [6, 6.07) is 22.7. The summed E-state index contributed by atoms with van der Waals surface area (Å²) in [5.41, 5.74) is 1.92. The van der Waals surface area contributed by atoms with Crippen LogP contribution in [0.5, 0.6) is 0 Å². The van der Waals surface area contributed by atoms with Crippen molar-refractivity contribution in [2.75, 3.05) is 0 Å². The van der Waals surface area contributed by atoms with E-state index in [0.717, 1.165) is 23.5 Å². The SMILES string of the molecule is CC1(C)CC(=O)c2cc(C(Sc3ccccc3)c3ccccc3)oc2C1. The van der Waals surface area contributed by atoms with Gasteiger partial charge in [0.25, 0.3) is 0 Å². The van der Waals surface area contributed by atoms with Crippen molar-refractivity contribution in [3.05, 3.63) is 89.4 Å². The smallest absolute Gasteiger partial charge is 0.166 e. The monoisotopic (exact) mass is 362 g/mol. The molecule has 1 unspecified atom stereocenters. The van der Waals surface area contributed by atoms with Crippen LogP contribution < -0.4 is 0 Å². The van der Waals surface area contributed by atoms with Crippen LogP contribution in [0.15, 0.2) is 76.0 Å². The summed E-state index contributed by atoms with van der Waals surface area (Å²) in [5, 5.41) is 0.0279. The highest BCUT2D eigenvalue weighted by Gasteiger charge is 2.35. The molecule has 132 valence electrons. The van der Waals surface area contributed by atoms with Crippen molar-refractivity contribution in [1.29, 1.82) is 0 Å². The minimum atomic E-state index is -0.0337. The fraction of sp³-hybridized carbons (Fsp3) is 0.261. The maximum absolute atomic E-state index is 12.6. The first-order valence-corrected chi connectivity index (χ1v) is 9.82. The van der Waals surface area contributed by atoms with Gasteiger partial charge in [-0.3, -0.25) is 4.79 Å². The molecule has 0 aliphatic heterocycles. The van der Waals surface area contributed by atoms with Gasteiger partial charge < -0.3 is 4.42 Å².